The molecule has 0 radical (unpaired) electrons. The van der Waals surface area contributed by atoms with Gasteiger partial charge in [-0.2, -0.15) is 0 Å². The zero-order valence-corrected chi connectivity index (χ0v) is 19.7. The first kappa shape index (κ1) is 23.8. The molecular weight excluding hydrogens is 437 g/mol. The fraction of sp³-hybridized carbons (Fsp3) is 0.385. The first-order chi connectivity index (χ1) is 16.3. The molecule has 2 aliphatic rings. The molecule has 7 nitrogen and oxygen atoms in total. The van der Waals surface area contributed by atoms with Crippen LogP contribution in [0.2, 0.25) is 0 Å². The highest BCUT2D eigenvalue weighted by Gasteiger charge is 2.32. The van der Waals surface area contributed by atoms with Crippen molar-refractivity contribution < 1.29 is 19.0 Å². The lowest BCUT2D eigenvalue weighted by molar-refractivity contribution is 0.0694. The molecule has 2 fully saturated rings. The molecule has 5 rings (SSSR count). The highest BCUT2D eigenvalue weighted by molar-refractivity contribution is 5.97. The molecule has 2 aromatic carbocycles. The lowest BCUT2D eigenvalue weighted by atomic mass is 10.1. The number of halogens is 1. The first-order valence-electron chi connectivity index (χ1n) is 11.5. The molecule has 1 unspecified atom stereocenters. The summed E-state index contributed by atoms with van der Waals surface area (Å²) in [6.45, 7) is 6.05. The number of ether oxygens (including phenoxy) is 1. The number of carboxylic acids is 1. The average molecular weight is 468 g/mol. The molecule has 34 heavy (non-hydrogen) atoms. The number of rotatable bonds is 4. The number of hydrogen-bond donors (Lipinski definition) is 2. The van der Waals surface area contributed by atoms with Gasteiger partial charge in [0.1, 0.15) is 11.3 Å². The maximum absolute atomic E-state index is 15.1. The van der Waals surface area contributed by atoms with Gasteiger partial charge < -0.3 is 24.6 Å². The SMILES string of the molecule is COc1c(N2CCNC(C)C2)c(F)cc2c(=O)c(C(=O)O)cn(C3CC3)c12.Cc1ccccc1. The van der Waals surface area contributed by atoms with Crippen LogP contribution in [0.1, 0.15) is 41.7 Å². The number of nitrogens with zero attached hydrogens (tertiary/aromatic N) is 2. The molecule has 1 aromatic heterocycles. The van der Waals surface area contributed by atoms with Crippen LogP contribution >= 0.6 is 0 Å². The maximum Gasteiger partial charge on any atom is 0.341 e. The van der Waals surface area contributed by atoms with Crippen LogP contribution in [0.15, 0.2) is 47.4 Å². The van der Waals surface area contributed by atoms with Gasteiger partial charge in [-0.15, -0.1) is 0 Å². The number of aromatic carboxylic acids is 1. The Morgan fingerprint density at radius 3 is 2.47 bits per heavy atom. The van der Waals surface area contributed by atoms with Crippen molar-refractivity contribution in [3.05, 3.63) is 69.8 Å². The minimum atomic E-state index is -1.31. The number of methoxy groups -OCH3 is 1. The number of fused-ring (bicyclic) bond motifs is 1. The normalized spacial score (nSPS) is 17.8. The predicted octanol–water partition coefficient (Wildman–Crippen LogP) is 3.98. The van der Waals surface area contributed by atoms with Crippen molar-refractivity contribution in [1.82, 2.24) is 9.88 Å². The van der Waals surface area contributed by atoms with Crippen LogP contribution in [-0.4, -0.2) is 48.4 Å². The van der Waals surface area contributed by atoms with Crippen LogP contribution < -0.4 is 20.4 Å². The van der Waals surface area contributed by atoms with Gasteiger partial charge >= 0.3 is 5.97 Å². The van der Waals surface area contributed by atoms with E-state index in [1.54, 1.807) is 4.57 Å². The Hall–Kier alpha value is -3.39. The highest BCUT2D eigenvalue weighted by Crippen LogP contribution is 2.43. The summed E-state index contributed by atoms with van der Waals surface area (Å²) >= 11 is 0. The molecule has 1 aliphatic carbocycles. The average Bonchev–Trinajstić information content (AvgIpc) is 3.65. The standard InChI is InChI=1S/C19H22FN3O4.C7H8/c1-10-8-22(6-5-21-10)16-14(20)7-12-15(18(16)27-2)23(11-3-4-11)9-13(17(12)24)19(25)26;1-7-5-3-2-4-6-7/h7,9-11,21H,3-6,8H2,1-2H3,(H,25,26);2-6H,1H3. The monoisotopic (exact) mass is 467 g/mol. The minimum Gasteiger partial charge on any atom is -0.492 e. The molecule has 1 atom stereocenters. The Labute approximate surface area is 197 Å². The maximum atomic E-state index is 15.1. The Bertz CT molecular complexity index is 1250. The van der Waals surface area contributed by atoms with E-state index in [-0.39, 0.29) is 23.0 Å². The van der Waals surface area contributed by atoms with Crippen LogP contribution in [0, 0.1) is 12.7 Å². The van der Waals surface area contributed by atoms with Crippen LogP contribution in [0.3, 0.4) is 0 Å². The fourth-order valence-corrected chi connectivity index (χ4v) is 4.39. The van der Waals surface area contributed by atoms with Gasteiger partial charge in [0, 0.05) is 37.9 Å². The number of nitrogens with one attached hydrogen (secondary N) is 1. The van der Waals surface area contributed by atoms with Crippen molar-refractivity contribution in [3.63, 3.8) is 0 Å². The zero-order valence-electron chi connectivity index (χ0n) is 19.7. The van der Waals surface area contributed by atoms with Gasteiger partial charge in [-0.1, -0.05) is 35.9 Å². The number of benzene rings is 2. The molecule has 0 amide bonds. The zero-order chi connectivity index (χ0) is 24.4. The second-order valence-electron chi connectivity index (χ2n) is 8.91. The topological polar surface area (TPSA) is 83.8 Å². The molecule has 2 heterocycles. The van der Waals surface area contributed by atoms with Crippen LogP contribution in [0.25, 0.3) is 10.9 Å². The van der Waals surface area contributed by atoms with E-state index < -0.39 is 17.2 Å². The summed E-state index contributed by atoms with van der Waals surface area (Å²) in [4.78, 5) is 26.1. The smallest absolute Gasteiger partial charge is 0.341 e. The van der Waals surface area contributed by atoms with Gasteiger partial charge in [-0.05, 0) is 32.8 Å². The third kappa shape index (κ3) is 4.77. The van der Waals surface area contributed by atoms with E-state index in [4.69, 9.17) is 4.74 Å². The van der Waals surface area contributed by atoms with Gasteiger partial charge in [0.05, 0.1) is 18.0 Å². The van der Waals surface area contributed by atoms with Crippen molar-refractivity contribution in [2.75, 3.05) is 31.6 Å². The second-order valence-corrected chi connectivity index (χ2v) is 8.91. The van der Waals surface area contributed by atoms with Crippen LogP contribution in [0.4, 0.5) is 10.1 Å². The van der Waals surface area contributed by atoms with Gasteiger partial charge in [0.2, 0.25) is 5.43 Å². The Morgan fingerprint density at radius 2 is 1.94 bits per heavy atom. The molecular formula is C26H30FN3O4. The number of carboxylic acid groups (broad SMARTS) is 1. The molecule has 180 valence electrons. The van der Waals surface area contributed by atoms with Crippen molar-refractivity contribution in [2.45, 2.75) is 38.8 Å². The van der Waals surface area contributed by atoms with Gasteiger partial charge in [-0.3, -0.25) is 4.79 Å². The molecule has 8 heteroatoms. The van der Waals surface area contributed by atoms with Gasteiger partial charge in [-0.25, -0.2) is 9.18 Å². The lowest BCUT2D eigenvalue weighted by Crippen LogP contribution is -2.49. The highest BCUT2D eigenvalue weighted by atomic mass is 19.1. The van der Waals surface area contributed by atoms with E-state index in [0.717, 1.165) is 25.5 Å². The molecule has 1 saturated heterocycles. The molecule has 2 N–H and O–H groups in total. The number of hydrogen-bond acceptors (Lipinski definition) is 5. The Kier molecular flexibility index (Phi) is 6.88. The lowest BCUT2D eigenvalue weighted by Gasteiger charge is -2.35. The third-order valence-corrected chi connectivity index (χ3v) is 6.20. The van der Waals surface area contributed by atoms with E-state index in [0.29, 0.717) is 30.0 Å². The predicted molar refractivity (Wildman–Crippen MR) is 131 cm³/mol. The van der Waals surface area contributed by atoms with Gasteiger partial charge in [0.25, 0.3) is 0 Å². The molecule has 0 spiro atoms. The number of aryl methyl sites for hydroxylation is 1. The van der Waals surface area contributed by atoms with Crippen molar-refractivity contribution in [3.8, 4) is 5.75 Å². The number of aromatic nitrogens is 1. The molecule has 3 aromatic rings. The third-order valence-electron chi connectivity index (χ3n) is 6.20. The summed E-state index contributed by atoms with van der Waals surface area (Å²) in [6, 6.07) is 11.7. The van der Waals surface area contributed by atoms with Crippen LogP contribution in [-0.2, 0) is 0 Å². The summed E-state index contributed by atoms with van der Waals surface area (Å²) < 4.78 is 22.5. The van der Waals surface area contributed by atoms with Gasteiger partial charge in [0.15, 0.2) is 11.6 Å². The van der Waals surface area contributed by atoms with Crippen LogP contribution in [0.5, 0.6) is 5.75 Å². The number of piperazine rings is 1. The number of carbonyl (C=O) groups is 1. The van der Waals surface area contributed by atoms with E-state index >= 15 is 4.39 Å². The summed E-state index contributed by atoms with van der Waals surface area (Å²) in [7, 11) is 1.45. The van der Waals surface area contributed by atoms with E-state index in [2.05, 4.69) is 24.4 Å². The summed E-state index contributed by atoms with van der Waals surface area (Å²) in [6.07, 6.45) is 3.14. The van der Waals surface area contributed by atoms with E-state index in [1.807, 2.05) is 30.0 Å². The summed E-state index contributed by atoms with van der Waals surface area (Å²) in [5, 5.41) is 12.7. The quantitative estimate of drug-likeness (QED) is 0.604. The minimum absolute atomic E-state index is 0.0445. The molecule has 1 aliphatic heterocycles. The van der Waals surface area contributed by atoms with E-state index in [1.165, 1.54) is 18.9 Å². The van der Waals surface area contributed by atoms with Crippen molar-refractivity contribution in [2.24, 2.45) is 0 Å². The second kappa shape index (κ2) is 9.85. The Balaban J connectivity index is 0.000000336. The van der Waals surface area contributed by atoms with E-state index in [9.17, 15) is 14.7 Å². The largest absolute Gasteiger partial charge is 0.492 e. The fourth-order valence-electron chi connectivity index (χ4n) is 4.39. The summed E-state index contributed by atoms with van der Waals surface area (Å²) in [5.74, 6) is -1.59. The number of anilines is 1. The summed E-state index contributed by atoms with van der Waals surface area (Å²) in [5.41, 5.74) is 1.08. The van der Waals surface area contributed by atoms with Crippen molar-refractivity contribution >= 4 is 22.6 Å². The molecule has 0 bridgehead atoms. The molecule has 1 saturated carbocycles. The first-order valence-corrected chi connectivity index (χ1v) is 11.5. The Morgan fingerprint density at radius 1 is 1.24 bits per heavy atom. The number of pyridine rings is 1. The van der Waals surface area contributed by atoms with Crippen molar-refractivity contribution in [1.29, 1.82) is 0 Å².